The van der Waals surface area contributed by atoms with Crippen LogP contribution in [0.3, 0.4) is 0 Å². The van der Waals surface area contributed by atoms with Crippen LogP contribution in [-0.4, -0.2) is 33.6 Å². The summed E-state index contributed by atoms with van der Waals surface area (Å²) >= 11 is 0. The van der Waals surface area contributed by atoms with Crippen molar-refractivity contribution in [3.63, 3.8) is 0 Å². The summed E-state index contributed by atoms with van der Waals surface area (Å²) in [4.78, 5) is 19.9. The molecule has 2 aromatic carbocycles. The molecule has 0 unspecified atom stereocenters. The lowest BCUT2D eigenvalue weighted by Gasteiger charge is -2.32. The number of aryl methyl sites for hydroxylation is 2. The number of nitrogens with zero attached hydrogens (tertiary/aromatic N) is 4. The third-order valence-electron chi connectivity index (χ3n) is 6.86. The minimum atomic E-state index is 0.0115. The molecule has 0 aliphatic carbocycles. The number of benzene rings is 2. The van der Waals surface area contributed by atoms with E-state index in [1.54, 1.807) is 0 Å². The Hall–Kier alpha value is -3.67. The normalized spacial score (nSPS) is 15.4. The van der Waals surface area contributed by atoms with Crippen LogP contribution in [0.2, 0.25) is 0 Å². The minimum absolute atomic E-state index is 0.0115. The van der Waals surface area contributed by atoms with E-state index in [0.717, 1.165) is 54.1 Å². The van der Waals surface area contributed by atoms with Gasteiger partial charge < -0.3 is 10.2 Å². The second kappa shape index (κ2) is 9.29. The number of anilines is 1. The van der Waals surface area contributed by atoms with Crippen LogP contribution in [0.4, 0.5) is 5.82 Å². The van der Waals surface area contributed by atoms with Crippen LogP contribution in [0.15, 0.2) is 67.0 Å². The van der Waals surface area contributed by atoms with Crippen molar-refractivity contribution in [3.8, 4) is 11.3 Å². The topological polar surface area (TPSA) is 62.5 Å². The first kappa shape index (κ1) is 22.1. The van der Waals surface area contributed by atoms with Crippen LogP contribution in [0, 0.1) is 19.8 Å². The van der Waals surface area contributed by atoms with E-state index in [9.17, 15) is 4.79 Å². The van der Waals surface area contributed by atoms with E-state index in [-0.39, 0.29) is 17.9 Å². The molecule has 0 spiro atoms. The Morgan fingerprint density at radius 2 is 1.82 bits per heavy atom. The number of rotatable bonds is 5. The maximum Gasteiger partial charge on any atom is 0.223 e. The van der Waals surface area contributed by atoms with Gasteiger partial charge in [-0.15, -0.1) is 0 Å². The van der Waals surface area contributed by atoms with E-state index in [4.69, 9.17) is 10.1 Å². The lowest BCUT2D eigenvalue weighted by atomic mass is 9.95. The van der Waals surface area contributed by atoms with Crippen molar-refractivity contribution in [1.82, 2.24) is 19.9 Å². The molecule has 174 valence electrons. The maximum atomic E-state index is 12.9. The predicted octanol–water partition coefficient (Wildman–Crippen LogP) is 5.11. The van der Waals surface area contributed by atoms with Crippen LogP contribution in [-0.2, 0) is 4.79 Å². The average molecular weight is 454 g/mol. The highest BCUT2D eigenvalue weighted by Crippen LogP contribution is 2.30. The van der Waals surface area contributed by atoms with Crippen molar-refractivity contribution in [3.05, 3.63) is 83.7 Å². The molecule has 0 radical (unpaired) electrons. The van der Waals surface area contributed by atoms with Gasteiger partial charge in [-0.2, -0.15) is 5.10 Å². The van der Waals surface area contributed by atoms with Crippen LogP contribution in [0.25, 0.3) is 16.8 Å². The largest absolute Gasteiger partial charge is 0.355 e. The zero-order chi connectivity index (χ0) is 23.7. The van der Waals surface area contributed by atoms with Crippen molar-refractivity contribution < 1.29 is 4.79 Å². The van der Waals surface area contributed by atoms with Gasteiger partial charge in [-0.25, -0.2) is 9.50 Å². The number of hydrogen-bond acceptors (Lipinski definition) is 4. The molecule has 4 aromatic rings. The number of amides is 1. The summed E-state index contributed by atoms with van der Waals surface area (Å²) in [6.45, 7) is 7.86. The van der Waals surface area contributed by atoms with E-state index in [0.29, 0.717) is 0 Å². The van der Waals surface area contributed by atoms with E-state index in [1.807, 2.05) is 42.0 Å². The summed E-state index contributed by atoms with van der Waals surface area (Å²) in [5.41, 5.74) is 6.67. The Morgan fingerprint density at radius 1 is 1.06 bits per heavy atom. The molecule has 5 rings (SSSR count). The first-order valence-electron chi connectivity index (χ1n) is 12.0. The highest BCUT2D eigenvalue weighted by Gasteiger charge is 2.27. The summed E-state index contributed by atoms with van der Waals surface area (Å²) in [6.07, 6.45) is 5.34. The van der Waals surface area contributed by atoms with Crippen molar-refractivity contribution in [2.24, 2.45) is 5.92 Å². The lowest BCUT2D eigenvalue weighted by molar-refractivity contribution is -0.126. The van der Waals surface area contributed by atoms with Gasteiger partial charge in [0.1, 0.15) is 5.52 Å². The van der Waals surface area contributed by atoms with Crippen molar-refractivity contribution >= 4 is 17.2 Å². The monoisotopic (exact) mass is 453 g/mol. The van der Waals surface area contributed by atoms with E-state index >= 15 is 0 Å². The Balaban J connectivity index is 1.30. The third-order valence-corrected chi connectivity index (χ3v) is 6.86. The molecule has 0 saturated carbocycles. The summed E-state index contributed by atoms with van der Waals surface area (Å²) in [5, 5.41) is 8.03. The highest BCUT2D eigenvalue weighted by molar-refractivity contribution is 5.80. The molecule has 34 heavy (non-hydrogen) atoms. The number of aromatic nitrogens is 3. The summed E-state index contributed by atoms with van der Waals surface area (Å²) in [7, 11) is 0. The van der Waals surface area contributed by atoms with E-state index in [2.05, 4.69) is 60.5 Å². The standard InChI is InChI=1S/C28H31N5O/c1-19-9-10-20(2)24(17-19)25-18-26-27(29-13-16-33(26)31-25)32-14-11-23(12-15-32)28(34)30-21(3)22-7-5-4-6-8-22/h4-10,13,16-18,21,23H,11-12,14-15H2,1-3H3,(H,30,34)/t21-/m0/s1. The van der Waals surface area contributed by atoms with Crippen LogP contribution in [0.1, 0.15) is 42.5 Å². The number of nitrogens with one attached hydrogen (secondary N) is 1. The van der Waals surface area contributed by atoms with Gasteiger partial charge in [0.05, 0.1) is 11.7 Å². The maximum absolute atomic E-state index is 12.9. The van der Waals surface area contributed by atoms with Gasteiger partial charge >= 0.3 is 0 Å². The van der Waals surface area contributed by atoms with Gasteiger partial charge in [0.15, 0.2) is 5.82 Å². The Kier molecular flexibility index (Phi) is 6.05. The van der Waals surface area contributed by atoms with Crippen LogP contribution < -0.4 is 10.2 Å². The molecule has 1 saturated heterocycles. The fourth-order valence-corrected chi connectivity index (χ4v) is 4.81. The number of fused-ring (bicyclic) bond motifs is 1. The van der Waals surface area contributed by atoms with Gasteiger partial charge in [0.2, 0.25) is 5.91 Å². The quantitative estimate of drug-likeness (QED) is 0.456. The fraction of sp³-hybridized carbons (Fsp3) is 0.321. The Labute approximate surface area is 200 Å². The van der Waals surface area contributed by atoms with Gasteiger partial charge in [0.25, 0.3) is 0 Å². The molecule has 6 nitrogen and oxygen atoms in total. The first-order chi connectivity index (χ1) is 16.5. The lowest BCUT2D eigenvalue weighted by Crippen LogP contribution is -2.41. The molecule has 6 heteroatoms. The smallest absolute Gasteiger partial charge is 0.223 e. The van der Waals surface area contributed by atoms with Crippen molar-refractivity contribution in [1.29, 1.82) is 0 Å². The number of hydrogen-bond donors (Lipinski definition) is 1. The molecule has 1 amide bonds. The van der Waals surface area contributed by atoms with Crippen LogP contribution in [0.5, 0.6) is 0 Å². The minimum Gasteiger partial charge on any atom is -0.355 e. The molecular weight excluding hydrogens is 422 g/mol. The van der Waals surface area contributed by atoms with Gasteiger partial charge in [-0.1, -0.05) is 48.0 Å². The molecule has 3 heterocycles. The zero-order valence-corrected chi connectivity index (χ0v) is 20.0. The third kappa shape index (κ3) is 4.40. The van der Waals surface area contributed by atoms with Crippen molar-refractivity contribution in [2.75, 3.05) is 18.0 Å². The molecule has 1 fully saturated rings. The molecule has 1 N–H and O–H groups in total. The number of carbonyl (C=O) groups is 1. The van der Waals surface area contributed by atoms with Gasteiger partial charge in [0, 0.05) is 37.0 Å². The summed E-state index contributed by atoms with van der Waals surface area (Å²) < 4.78 is 1.92. The predicted molar refractivity (Wildman–Crippen MR) is 136 cm³/mol. The second-order valence-electron chi connectivity index (χ2n) is 9.33. The molecular formula is C28H31N5O. The van der Waals surface area contributed by atoms with Gasteiger partial charge in [-0.05, 0) is 56.9 Å². The van der Waals surface area contributed by atoms with Gasteiger partial charge in [-0.3, -0.25) is 4.79 Å². The fourth-order valence-electron chi connectivity index (χ4n) is 4.81. The molecule has 0 bridgehead atoms. The first-order valence-corrected chi connectivity index (χ1v) is 12.0. The zero-order valence-electron chi connectivity index (χ0n) is 20.0. The number of piperidine rings is 1. The molecule has 1 aliphatic heterocycles. The van der Waals surface area contributed by atoms with E-state index in [1.165, 1.54) is 11.1 Å². The molecule has 1 aliphatic rings. The second-order valence-corrected chi connectivity index (χ2v) is 9.33. The summed E-state index contributed by atoms with van der Waals surface area (Å²) in [6, 6.07) is 18.7. The Morgan fingerprint density at radius 3 is 2.59 bits per heavy atom. The molecule has 2 aromatic heterocycles. The van der Waals surface area contributed by atoms with Crippen molar-refractivity contribution in [2.45, 2.75) is 39.7 Å². The average Bonchev–Trinajstić information content (AvgIpc) is 3.30. The summed E-state index contributed by atoms with van der Waals surface area (Å²) in [5.74, 6) is 1.10. The molecule has 1 atom stereocenters. The van der Waals surface area contributed by atoms with Crippen LogP contribution >= 0.6 is 0 Å². The Bertz CT molecular complexity index is 1310. The SMILES string of the molecule is Cc1ccc(C)c(-c2cc3c(N4CCC(C(=O)N[C@@H](C)c5ccccc5)CC4)nccn3n2)c1. The van der Waals surface area contributed by atoms with E-state index < -0.39 is 0 Å². The number of carbonyl (C=O) groups excluding carboxylic acids is 1. The highest BCUT2D eigenvalue weighted by atomic mass is 16.1.